The normalized spacial score (nSPS) is 19.5. The average molecular weight is 332 g/mol. The monoisotopic (exact) mass is 332 g/mol. The molecule has 7 heteroatoms. The number of carbonyl (C=O) groups is 1. The minimum Gasteiger partial charge on any atom is -0.323 e. The molecule has 0 aromatic rings. The summed E-state index contributed by atoms with van der Waals surface area (Å²) in [6.07, 6.45) is 7.61. The van der Waals surface area contributed by atoms with Crippen LogP contribution in [0.25, 0.3) is 0 Å². The molecule has 1 heterocycles. The molecule has 0 aliphatic carbocycles. The number of unbranched alkanes of at least 4 members (excludes halogenated alkanes) is 6. The molecule has 0 bridgehead atoms. The van der Waals surface area contributed by atoms with Crippen molar-refractivity contribution in [2.75, 3.05) is 13.2 Å². The summed E-state index contributed by atoms with van der Waals surface area (Å²) in [5.41, 5.74) is -0.725. The van der Waals surface area contributed by atoms with E-state index in [9.17, 15) is 4.79 Å². The highest BCUT2D eigenvalue weighted by atomic mass is 17.6. The Balaban J connectivity index is 2.04. The van der Waals surface area contributed by atoms with Gasteiger partial charge in [0.05, 0.1) is 17.8 Å². The molecule has 7 nitrogen and oxygen atoms in total. The lowest BCUT2D eigenvalue weighted by molar-refractivity contribution is -0.623. The van der Waals surface area contributed by atoms with E-state index >= 15 is 0 Å². The Hall–Kier alpha value is -0.730. The molecule has 0 spiro atoms. The van der Waals surface area contributed by atoms with Crippen LogP contribution in [0, 0.1) is 0 Å². The van der Waals surface area contributed by atoms with Crippen molar-refractivity contribution < 1.29 is 25.0 Å². The summed E-state index contributed by atoms with van der Waals surface area (Å²) in [7, 11) is 0. The minimum absolute atomic E-state index is 0.191. The summed E-state index contributed by atoms with van der Waals surface area (Å²) in [5, 5.41) is 18.5. The van der Waals surface area contributed by atoms with E-state index in [1.165, 1.54) is 12.8 Å². The molecule has 136 valence electrons. The van der Waals surface area contributed by atoms with Crippen LogP contribution in [0.4, 0.5) is 0 Å². The zero-order chi connectivity index (χ0) is 17.3. The van der Waals surface area contributed by atoms with Gasteiger partial charge in [-0.05, 0) is 50.6 Å². The van der Waals surface area contributed by atoms with Gasteiger partial charge in [-0.25, -0.2) is 10.1 Å². The smallest absolute Gasteiger partial charge is 0.243 e. The Kier molecular flexibility index (Phi) is 8.42. The van der Waals surface area contributed by atoms with Crippen LogP contribution in [-0.4, -0.2) is 40.4 Å². The zero-order valence-corrected chi connectivity index (χ0v) is 14.9. The van der Waals surface area contributed by atoms with Crippen molar-refractivity contribution in [3.63, 3.8) is 0 Å². The number of carbonyl (C=O) groups excluding carboxylic acids is 1. The van der Waals surface area contributed by atoms with Gasteiger partial charge in [-0.15, -0.1) is 0 Å². The van der Waals surface area contributed by atoms with E-state index in [1.807, 2.05) is 18.7 Å². The molecule has 0 saturated carbocycles. The molecular weight excluding hydrogens is 300 g/mol. The van der Waals surface area contributed by atoms with Gasteiger partial charge in [-0.3, -0.25) is 10.1 Å². The second-order valence-electron chi connectivity index (χ2n) is 7.21. The summed E-state index contributed by atoms with van der Waals surface area (Å²) in [6, 6.07) is 0. The van der Waals surface area contributed by atoms with Gasteiger partial charge in [0, 0.05) is 6.54 Å². The van der Waals surface area contributed by atoms with Crippen LogP contribution in [0.1, 0.15) is 72.6 Å². The van der Waals surface area contributed by atoms with Gasteiger partial charge in [0.15, 0.2) is 0 Å². The molecule has 23 heavy (non-hydrogen) atoms. The van der Waals surface area contributed by atoms with Crippen molar-refractivity contribution in [2.24, 2.45) is 0 Å². The molecule has 1 rings (SSSR count). The van der Waals surface area contributed by atoms with Crippen molar-refractivity contribution in [3.8, 4) is 0 Å². The molecule has 2 N–H and O–H groups in total. The van der Waals surface area contributed by atoms with Crippen LogP contribution in [-0.2, 0) is 19.8 Å². The van der Waals surface area contributed by atoms with Crippen molar-refractivity contribution in [1.82, 2.24) is 10.2 Å². The third-order valence-corrected chi connectivity index (χ3v) is 4.26. The maximum absolute atomic E-state index is 12.4. The van der Waals surface area contributed by atoms with Crippen molar-refractivity contribution >= 4 is 5.91 Å². The largest absolute Gasteiger partial charge is 0.323 e. The van der Waals surface area contributed by atoms with Crippen LogP contribution in [0.15, 0.2) is 0 Å². The fraction of sp³-hybridized carbons (Fsp3) is 0.938. The first-order valence-electron chi connectivity index (χ1n) is 8.52. The molecule has 1 aliphatic heterocycles. The second-order valence-corrected chi connectivity index (χ2v) is 7.21. The first-order valence-corrected chi connectivity index (χ1v) is 8.52. The summed E-state index contributed by atoms with van der Waals surface area (Å²) >= 11 is 0. The Morgan fingerprint density at radius 2 is 1.57 bits per heavy atom. The molecular formula is C16H32N2O5. The van der Waals surface area contributed by atoms with Crippen LogP contribution in [0.5, 0.6) is 0 Å². The topological polar surface area (TPSA) is 80.3 Å². The Morgan fingerprint density at radius 1 is 1.00 bits per heavy atom. The van der Waals surface area contributed by atoms with Crippen molar-refractivity contribution in [2.45, 2.75) is 83.8 Å². The lowest BCUT2D eigenvalue weighted by atomic mass is 10.1. The third-order valence-electron chi connectivity index (χ3n) is 4.26. The fourth-order valence-electron chi connectivity index (χ4n) is 3.23. The first-order chi connectivity index (χ1) is 10.8. The number of hydrogen-bond acceptors (Lipinski definition) is 6. The lowest BCUT2D eigenvalue weighted by Crippen LogP contribution is -2.48. The summed E-state index contributed by atoms with van der Waals surface area (Å²) < 4.78 is 0. The Labute approximate surface area is 139 Å². The van der Waals surface area contributed by atoms with Gasteiger partial charge in [0.2, 0.25) is 5.91 Å². The number of hydrogen-bond donors (Lipinski definition) is 2. The van der Waals surface area contributed by atoms with Gasteiger partial charge < -0.3 is 4.90 Å². The predicted octanol–water partition coefficient (Wildman–Crippen LogP) is 3.02. The molecule has 1 fully saturated rings. The van der Waals surface area contributed by atoms with Gasteiger partial charge in [0.25, 0.3) is 0 Å². The third kappa shape index (κ3) is 6.73. The van der Waals surface area contributed by atoms with E-state index in [4.69, 9.17) is 5.26 Å². The lowest BCUT2D eigenvalue weighted by Gasteiger charge is -2.31. The van der Waals surface area contributed by atoms with E-state index in [2.05, 4.69) is 34.1 Å². The number of rotatable bonds is 12. The number of nitrogens with one attached hydrogen (secondary N) is 1. The molecule has 0 unspecified atom stereocenters. The van der Waals surface area contributed by atoms with E-state index in [0.29, 0.717) is 6.61 Å². The van der Waals surface area contributed by atoms with E-state index in [1.54, 1.807) is 0 Å². The standard InChI is InChI=1S/C16H32N2O5/c1-15(2)14(19)18(16(3,4)17-15)12-10-8-6-5-7-9-11-13-21-23-22-20/h17,20H,5-13H2,1-4H3. The molecule has 1 amide bonds. The SMILES string of the molecule is CC1(C)NC(C)(C)N(CCCCCCCCCOOOO)C1=O. The highest BCUT2D eigenvalue weighted by molar-refractivity contribution is 5.88. The van der Waals surface area contributed by atoms with E-state index in [0.717, 1.165) is 38.6 Å². The number of amides is 1. The molecule has 0 atom stereocenters. The maximum atomic E-state index is 12.4. The molecule has 0 aromatic heterocycles. The van der Waals surface area contributed by atoms with E-state index < -0.39 is 5.54 Å². The molecule has 1 saturated heterocycles. The minimum atomic E-state index is -0.462. The van der Waals surface area contributed by atoms with Crippen molar-refractivity contribution in [1.29, 1.82) is 0 Å². The Bertz CT molecular complexity index is 360. The molecule has 1 aliphatic rings. The van der Waals surface area contributed by atoms with Crippen molar-refractivity contribution in [3.05, 3.63) is 0 Å². The highest BCUT2D eigenvalue weighted by Gasteiger charge is 2.48. The van der Waals surface area contributed by atoms with Gasteiger partial charge in [-0.2, -0.15) is 0 Å². The summed E-state index contributed by atoms with van der Waals surface area (Å²) in [5.74, 6) is 0.191. The van der Waals surface area contributed by atoms with Gasteiger partial charge >= 0.3 is 0 Å². The first kappa shape index (κ1) is 20.3. The average Bonchev–Trinajstić information content (AvgIpc) is 2.61. The Morgan fingerprint density at radius 3 is 2.09 bits per heavy atom. The fourth-order valence-corrected chi connectivity index (χ4v) is 3.23. The zero-order valence-electron chi connectivity index (χ0n) is 14.9. The molecule has 0 aromatic carbocycles. The van der Waals surface area contributed by atoms with Gasteiger partial charge in [-0.1, -0.05) is 32.1 Å². The quantitative estimate of drug-likeness (QED) is 0.325. The van der Waals surface area contributed by atoms with Crippen LogP contribution < -0.4 is 5.32 Å². The maximum Gasteiger partial charge on any atom is 0.243 e. The highest BCUT2D eigenvalue weighted by Crippen LogP contribution is 2.28. The summed E-state index contributed by atoms with van der Waals surface area (Å²) in [4.78, 5) is 18.9. The van der Waals surface area contributed by atoms with Crippen LogP contribution >= 0.6 is 0 Å². The second kappa shape index (κ2) is 9.54. The van der Waals surface area contributed by atoms with Crippen LogP contribution in [0.2, 0.25) is 0 Å². The summed E-state index contributed by atoms with van der Waals surface area (Å²) in [6.45, 7) is 9.24. The predicted molar refractivity (Wildman–Crippen MR) is 86.1 cm³/mol. The van der Waals surface area contributed by atoms with Gasteiger partial charge in [0.1, 0.15) is 0 Å². The molecule has 0 radical (unpaired) electrons. The van der Waals surface area contributed by atoms with E-state index in [-0.39, 0.29) is 11.6 Å². The van der Waals surface area contributed by atoms with Crippen LogP contribution in [0.3, 0.4) is 0 Å². The number of nitrogens with zero attached hydrogens (tertiary/aromatic N) is 1.